The molecule has 0 saturated carbocycles. The molecule has 2 N–H and O–H groups in total. The second kappa shape index (κ2) is 6.57. The van der Waals surface area contributed by atoms with Crippen molar-refractivity contribution in [3.8, 4) is 11.3 Å². The van der Waals surface area contributed by atoms with Crippen LogP contribution in [-0.4, -0.2) is 15.4 Å². The molecule has 4 aromatic rings. The predicted molar refractivity (Wildman–Crippen MR) is 97.5 cm³/mol. The van der Waals surface area contributed by atoms with Crippen LogP contribution in [0.1, 0.15) is 0 Å². The van der Waals surface area contributed by atoms with Gasteiger partial charge in [-0.2, -0.15) is 0 Å². The standard InChI is InChI=1S/C18H12F2N4OS/c19-12-3-6-14(20)15(9-12)22-17(25)21-13-4-1-11(2-5-13)16-10-24-7-8-26-18(24)23-16/h1-10H,(H2,21,22,25). The summed E-state index contributed by atoms with van der Waals surface area (Å²) in [5.41, 5.74) is 2.03. The van der Waals surface area contributed by atoms with Crippen LogP contribution in [0, 0.1) is 11.6 Å². The topological polar surface area (TPSA) is 58.4 Å². The predicted octanol–water partition coefficient (Wildman–Crippen LogP) is 4.99. The number of anilines is 2. The molecule has 0 spiro atoms. The van der Waals surface area contributed by atoms with Crippen LogP contribution in [0.2, 0.25) is 0 Å². The Balaban J connectivity index is 1.46. The number of aromatic nitrogens is 2. The molecule has 0 unspecified atom stereocenters. The number of halogens is 2. The van der Waals surface area contributed by atoms with Crippen molar-refractivity contribution in [1.29, 1.82) is 0 Å². The molecule has 0 aliphatic carbocycles. The van der Waals surface area contributed by atoms with Crippen molar-refractivity contribution in [3.63, 3.8) is 0 Å². The number of hydrogen-bond acceptors (Lipinski definition) is 3. The summed E-state index contributed by atoms with van der Waals surface area (Å²) in [7, 11) is 0. The zero-order valence-corrected chi connectivity index (χ0v) is 14.1. The highest BCUT2D eigenvalue weighted by Gasteiger charge is 2.09. The zero-order valence-electron chi connectivity index (χ0n) is 13.2. The Morgan fingerprint density at radius 3 is 2.65 bits per heavy atom. The lowest BCUT2D eigenvalue weighted by atomic mass is 10.1. The van der Waals surface area contributed by atoms with Crippen molar-refractivity contribution in [2.24, 2.45) is 0 Å². The summed E-state index contributed by atoms with van der Waals surface area (Å²) in [6, 6.07) is 9.27. The van der Waals surface area contributed by atoms with Gasteiger partial charge in [0.2, 0.25) is 0 Å². The zero-order chi connectivity index (χ0) is 18.1. The van der Waals surface area contributed by atoms with Crippen LogP contribution in [0.25, 0.3) is 16.2 Å². The first-order valence-corrected chi connectivity index (χ1v) is 8.52. The van der Waals surface area contributed by atoms with Crippen LogP contribution in [0.5, 0.6) is 0 Å². The second-order valence-electron chi connectivity index (χ2n) is 5.50. The molecule has 0 bridgehead atoms. The minimum atomic E-state index is -0.711. The maximum absolute atomic E-state index is 13.6. The summed E-state index contributed by atoms with van der Waals surface area (Å²) in [6.45, 7) is 0. The Morgan fingerprint density at radius 1 is 1.08 bits per heavy atom. The Hall–Kier alpha value is -3.26. The van der Waals surface area contributed by atoms with Gasteiger partial charge in [-0.15, -0.1) is 11.3 Å². The van der Waals surface area contributed by atoms with Crippen LogP contribution in [0.4, 0.5) is 25.0 Å². The summed E-state index contributed by atoms with van der Waals surface area (Å²) in [5.74, 6) is -1.34. The van der Waals surface area contributed by atoms with E-state index in [0.717, 1.165) is 34.4 Å². The molecule has 2 aromatic heterocycles. The molecule has 26 heavy (non-hydrogen) atoms. The van der Waals surface area contributed by atoms with Crippen LogP contribution in [0.3, 0.4) is 0 Å². The number of nitrogens with one attached hydrogen (secondary N) is 2. The van der Waals surface area contributed by atoms with Gasteiger partial charge >= 0.3 is 6.03 Å². The van der Waals surface area contributed by atoms with Gasteiger partial charge in [-0.1, -0.05) is 12.1 Å². The monoisotopic (exact) mass is 370 g/mol. The molecule has 130 valence electrons. The van der Waals surface area contributed by atoms with Crippen LogP contribution in [-0.2, 0) is 0 Å². The Morgan fingerprint density at radius 2 is 1.88 bits per heavy atom. The third-order valence-corrected chi connectivity index (χ3v) is 4.48. The first-order valence-electron chi connectivity index (χ1n) is 7.64. The smallest absolute Gasteiger partial charge is 0.308 e. The second-order valence-corrected chi connectivity index (χ2v) is 6.37. The summed E-state index contributed by atoms with van der Waals surface area (Å²) in [5, 5.41) is 6.81. The van der Waals surface area contributed by atoms with E-state index in [2.05, 4.69) is 15.6 Å². The highest BCUT2D eigenvalue weighted by molar-refractivity contribution is 7.15. The van der Waals surface area contributed by atoms with Crippen molar-refractivity contribution in [2.45, 2.75) is 0 Å². The number of amides is 2. The largest absolute Gasteiger partial charge is 0.323 e. The average molecular weight is 370 g/mol. The van der Waals surface area contributed by atoms with Gasteiger partial charge in [-0.3, -0.25) is 4.40 Å². The number of fused-ring (bicyclic) bond motifs is 1. The highest BCUT2D eigenvalue weighted by atomic mass is 32.1. The van der Waals surface area contributed by atoms with Gasteiger partial charge in [-0.25, -0.2) is 18.6 Å². The molecule has 2 heterocycles. The van der Waals surface area contributed by atoms with Gasteiger partial charge in [0.05, 0.1) is 11.4 Å². The third kappa shape index (κ3) is 3.27. The lowest BCUT2D eigenvalue weighted by molar-refractivity contribution is 0.262. The van der Waals surface area contributed by atoms with Crippen LogP contribution < -0.4 is 10.6 Å². The number of carbonyl (C=O) groups is 1. The fourth-order valence-corrected chi connectivity index (χ4v) is 3.17. The van der Waals surface area contributed by atoms with Crippen molar-refractivity contribution in [2.75, 3.05) is 10.6 Å². The van der Waals surface area contributed by atoms with E-state index in [9.17, 15) is 13.6 Å². The molecule has 2 amide bonds. The third-order valence-electron chi connectivity index (χ3n) is 3.71. The number of rotatable bonds is 3. The lowest BCUT2D eigenvalue weighted by Crippen LogP contribution is -2.20. The number of hydrogen-bond donors (Lipinski definition) is 2. The van der Waals surface area contributed by atoms with E-state index >= 15 is 0 Å². The van der Waals surface area contributed by atoms with Crippen molar-refractivity contribution in [1.82, 2.24) is 9.38 Å². The molecule has 5 nitrogen and oxygen atoms in total. The maximum Gasteiger partial charge on any atom is 0.323 e. The Labute approximate surface area is 150 Å². The van der Waals surface area contributed by atoms with Crippen molar-refractivity contribution >= 4 is 33.7 Å². The van der Waals surface area contributed by atoms with Gasteiger partial charge in [0, 0.05) is 35.1 Å². The Kier molecular flexibility index (Phi) is 4.10. The number of urea groups is 1. The molecule has 0 radical (unpaired) electrons. The molecule has 0 saturated heterocycles. The SMILES string of the molecule is O=C(Nc1ccc(-c2cn3ccsc3n2)cc1)Nc1cc(F)ccc1F. The maximum atomic E-state index is 13.6. The van der Waals surface area contributed by atoms with Gasteiger partial charge in [0.15, 0.2) is 4.96 Å². The summed E-state index contributed by atoms with van der Waals surface area (Å²) in [4.78, 5) is 17.4. The molecule has 0 aliphatic rings. The van der Waals surface area contributed by atoms with E-state index in [1.807, 2.05) is 34.3 Å². The van der Waals surface area contributed by atoms with Crippen molar-refractivity contribution in [3.05, 3.63) is 71.9 Å². The van der Waals surface area contributed by atoms with Gasteiger partial charge in [-0.05, 0) is 24.3 Å². The van der Waals surface area contributed by atoms with E-state index in [1.165, 1.54) is 0 Å². The summed E-state index contributed by atoms with van der Waals surface area (Å²) < 4.78 is 28.6. The number of carbonyl (C=O) groups excluding carboxylic acids is 1. The van der Waals surface area contributed by atoms with Gasteiger partial charge in [0.25, 0.3) is 0 Å². The number of benzene rings is 2. The van der Waals surface area contributed by atoms with E-state index in [0.29, 0.717) is 5.69 Å². The Bertz CT molecular complexity index is 1060. The quantitative estimate of drug-likeness (QED) is 0.534. The molecular formula is C18H12F2N4OS. The van der Waals surface area contributed by atoms with E-state index < -0.39 is 17.7 Å². The van der Waals surface area contributed by atoms with Crippen molar-refractivity contribution < 1.29 is 13.6 Å². The fraction of sp³-hybridized carbons (Fsp3) is 0. The fourth-order valence-electron chi connectivity index (χ4n) is 2.47. The first-order chi connectivity index (χ1) is 12.6. The van der Waals surface area contributed by atoms with E-state index in [4.69, 9.17) is 0 Å². The molecule has 0 aliphatic heterocycles. The van der Waals surface area contributed by atoms with E-state index in [-0.39, 0.29) is 5.69 Å². The normalized spacial score (nSPS) is 10.8. The van der Waals surface area contributed by atoms with Gasteiger partial charge in [0.1, 0.15) is 11.6 Å². The summed E-state index contributed by atoms with van der Waals surface area (Å²) >= 11 is 1.55. The van der Waals surface area contributed by atoms with Crippen LogP contribution in [0.15, 0.2) is 60.2 Å². The molecule has 0 atom stereocenters. The highest BCUT2D eigenvalue weighted by Crippen LogP contribution is 2.23. The molecule has 0 fully saturated rings. The van der Waals surface area contributed by atoms with E-state index in [1.54, 1.807) is 23.5 Å². The molecule has 4 rings (SSSR count). The lowest BCUT2D eigenvalue weighted by Gasteiger charge is -2.09. The number of imidazole rings is 1. The molecule has 8 heteroatoms. The first kappa shape index (κ1) is 16.2. The molecule has 2 aromatic carbocycles. The summed E-state index contributed by atoms with van der Waals surface area (Å²) in [6.07, 6.45) is 3.86. The number of thiazole rings is 1. The minimum absolute atomic E-state index is 0.225. The van der Waals surface area contributed by atoms with Crippen LogP contribution >= 0.6 is 11.3 Å². The number of nitrogens with zero attached hydrogens (tertiary/aromatic N) is 2. The van der Waals surface area contributed by atoms with Gasteiger partial charge < -0.3 is 10.6 Å². The molecular weight excluding hydrogens is 358 g/mol. The minimum Gasteiger partial charge on any atom is -0.308 e. The average Bonchev–Trinajstić information content (AvgIpc) is 3.21.